The summed E-state index contributed by atoms with van der Waals surface area (Å²) in [5, 5.41) is 0. The van der Waals surface area contributed by atoms with Crippen molar-refractivity contribution in [3.63, 3.8) is 0 Å². The lowest BCUT2D eigenvalue weighted by atomic mass is 10.2. The van der Waals surface area contributed by atoms with Crippen molar-refractivity contribution in [3.05, 3.63) is 42.2 Å². The number of nitrogens with zero attached hydrogens (tertiary/aromatic N) is 5. The topological polar surface area (TPSA) is 54.3 Å². The van der Waals surface area contributed by atoms with E-state index in [1.165, 1.54) is 11.3 Å². The highest BCUT2D eigenvalue weighted by Gasteiger charge is 2.19. The summed E-state index contributed by atoms with van der Waals surface area (Å²) in [6, 6.07) is 2.07. The van der Waals surface area contributed by atoms with Gasteiger partial charge in [0.2, 0.25) is 5.91 Å². The zero-order chi connectivity index (χ0) is 17.6. The van der Waals surface area contributed by atoms with Crippen molar-refractivity contribution in [3.8, 4) is 0 Å². The van der Waals surface area contributed by atoms with Crippen LogP contribution >= 0.6 is 0 Å². The normalized spacial score (nSPS) is 15.3. The van der Waals surface area contributed by atoms with Gasteiger partial charge in [-0.2, -0.15) is 0 Å². The van der Waals surface area contributed by atoms with Gasteiger partial charge in [0.05, 0.1) is 0 Å². The number of carbonyl (C=O) groups excluding carboxylic acids is 1. The molecule has 0 radical (unpaired) electrons. The molecule has 0 atom stereocenters. The highest BCUT2D eigenvalue weighted by molar-refractivity contribution is 5.76. The summed E-state index contributed by atoms with van der Waals surface area (Å²) >= 11 is 0. The first-order chi connectivity index (χ1) is 12.1. The Hall–Kier alpha value is -2.37. The molecule has 1 saturated heterocycles. The Bertz CT molecular complexity index is 711. The number of amides is 1. The minimum absolute atomic E-state index is 0.270. The SMILES string of the molecule is Cc1cnccc1N1CCCN(C(=O)CCCn2ccnc2C)CC1. The van der Waals surface area contributed by atoms with Crippen LogP contribution in [0.2, 0.25) is 0 Å². The molecular weight excluding hydrogens is 314 g/mol. The highest BCUT2D eigenvalue weighted by atomic mass is 16.2. The van der Waals surface area contributed by atoms with Gasteiger partial charge in [-0.15, -0.1) is 0 Å². The number of carbonyl (C=O) groups is 1. The molecule has 134 valence electrons. The van der Waals surface area contributed by atoms with Gasteiger partial charge in [0.25, 0.3) is 0 Å². The van der Waals surface area contributed by atoms with Crippen molar-refractivity contribution >= 4 is 11.6 Å². The highest BCUT2D eigenvalue weighted by Crippen LogP contribution is 2.20. The number of rotatable bonds is 5. The molecule has 3 heterocycles. The number of hydrogen-bond acceptors (Lipinski definition) is 4. The van der Waals surface area contributed by atoms with Gasteiger partial charge in [-0.3, -0.25) is 9.78 Å². The van der Waals surface area contributed by atoms with Crippen LogP contribution in [0.5, 0.6) is 0 Å². The van der Waals surface area contributed by atoms with Crippen LogP contribution in [0.25, 0.3) is 0 Å². The van der Waals surface area contributed by atoms with E-state index in [1.807, 2.05) is 36.6 Å². The van der Waals surface area contributed by atoms with Crippen LogP contribution in [0.3, 0.4) is 0 Å². The third-order valence-corrected chi connectivity index (χ3v) is 4.89. The second kappa shape index (κ2) is 8.14. The standard InChI is InChI=1S/C19H27N5O/c1-16-15-20-7-6-18(16)23-10-4-11-24(14-13-23)19(25)5-3-9-22-12-8-21-17(22)2/h6-8,12,15H,3-5,9-11,13-14H2,1-2H3. The molecule has 6 nitrogen and oxygen atoms in total. The molecule has 0 aliphatic carbocycles. The molecule has 0 spiro atoms. The lowest BCUT2D eigenvalue weighted by Crippen LogP contribution is -2.35. The zero-order valence-corrected chi connectivity index (χ0v) is 15.2. The largest absolute Gasteiger partial charge is 0.369 e. The van der Waals surface area contributed by atoms with Crippen molar-refractivity contribution in [1.29, 1.82) is 0 Å². The van der Waals surface area contributed by atoms with E-state index >= 15 is 0 Å². The monoisotopic (exact) mass is 341 g/mol. The van der Waals surface area contributed by atoms with E-state index in [-0.39, 0.29) is 5.91 Å². The van der Waals surface area contributed by atoms with Crippen LogP contribution in [0.1, 0.15) is 30.7 Å². The van der Waals surface area contributed by atoms with Crippen molar-refractivity contribution in [2.45, 2.75) is 39.7 Å². The lowest BCUT2D eigenvalue weighted by Gasteiger charge is -2.25. The molecule has 1 fully saturated rings. The fourth-order valence-electron chi connectivity index (χ4n) is 3.43. The number of hydrogen-bond donors (Lipinski definition) is 0. The maximum Gasteiger partial charge on any atom is 0.222 e. The van der Waals surface area contributed by atoms with E-state index in [4.69, 9.17) is 0 Å². The fraction of sp³-hybridized carbons (Fsp3) is 0.526. The van der Waals surface area contributed by atoms with Crippen molar-refractivity contribution in [2.75, 3.05) is 31.1 Å². The molecule has 0 unspecified atom stereocenters. The Balaban J connectivity index is 1.50. The zero-order valence-electron chi connectivity index (χ0n) is 15.2. The Morgan fingerprint density at radius 2 is 2.04 bits per heavy atom. The second-order valence-corrected chi connectivity index (χ2v) is 6.65. The van der Waals surface area contributed by atoms with Crippen LogP contribution in [0.15, 0.2) is 30.9 Å². The molecule has 1 amide bonds. The van der Waals surface area contributed by atoms with Gasteiger partial charge in [-0.1, -0.05) is 0 Å². The molecule has 1 aliphatic rings. The molecule has 25 heavy (non-hydrogen) atoms. The molecule has 3 rings (SSSR count). The van der Waals surface area contributed by atoms with Gasteiger partial charge in [0.1, 0.15) is 5.82 Å². The Morgan fingerprint density at radius 3 is 2.80 bits per heavy atom. The molecule has 0 N–H and O–H groups in total. The number of anilines is 1. The fourth-order valence-corrected chi connectivity index (χ4v) is 3.43. The van der Waals surface area contributed by atoms with Gasteiger partial charge >= 0.3 is 0 Å². The maximum atomic E-state index is 12.5. The van der Waals surface area contributed by atoms with Crippen LogP contribution < -0.4 is 4.90 Å². The predicted molar refractivity (Wildman–Crippen MR) is 98.6 cm³/mol. The number of imidazole rings is 1. The van der Waals surface area contributed by atoms with Crippen molar-refractivity contribution in [2.24, 2.45) is 0 Å². The smallest absolute Gasteiger partial charge is 0.222 e. The van der Waals surface area contributed by atoms with Gasteiger partial charge in [-0.25, -0.2) is 4.98 Å². The van der Waals surface area contributed by atoms with Gasteiger partial charge in [0.15, 0.2) is 0 Å². The summed E-state index contributed by atoms with van der Waals surface area (Å²) < 4.78 is 2.10. The van der Waals surface area contributed by atoms with Crippen molar-refractivity contribution in [1.82, 2.24) is 19.4 Å². The van der Waals surface area contributed by atoms with Crippen LogP contribution in [-0.4, -0.2) is 51.5 Å². The summed E-state index contributed by atoms with van der Waals surface area (Å²) in [4.78, 5) is 25.3. The Kier molecular flexibility index (Phi) is 5.68. The number of pyridine rings is 1. The number of aromatic nitrogens is 3. The second-order valence-electron chi connectivity index (χ2n) is 6.65. The molecule has 6 heteroatoms. The van der Waals surface area contributed by atoms with Gasteiger partial charge < -0.3 is 14.4 Å². The average molecular weight is 341 g/mol. The minimum Gasteiger partial charge on any atom is -0.369 e. The average Bonchev–Trinajstić information content (AvgIpc) is 2.87. The maximum absolute atomic E-state index is 12.5. The molecule has 0 bridgehead atoms. The van der Waals surface area contributed by atoms with Crippen molar-refractivity contribution < 1.29 is 4.79 Å². The van der Waals surface area contributed by atoms with E-state index in [2.05, 4.69) is 32.4 Å². The summed E-state index contributed by atoms with van der Waals surface area (Å²) in [6.45, 7) is 8.46. The molecular formula is C19H27N5O. The lowest BCUT2D eigenvalue weighted by molar-refractivity contribution is -0.131. The third-order valence-electron chi connectivity index (χ3n) is 4.89. The van der Waals surface area contributed by atoms with Gasteiger partial charge in [-0.05, 0) is 38.3 Å². The third kappa shape index (κ3) is 4.38. The molecule has 0 aromatic carbocycles. The molecule has 2 aromatic rings. The molecule has 1 aliphatic heterocycles. The van der Waals surface area contributed by atoms with E-state index in [0.29, 0.717) is 6.42 Å². The van der Waals surface area contributed by atoms with E-state index < -0.39 is 0 Å². The first-order valence-corrected chi connectivity index (χ1v) is 9.06. The van der Waals surface area contributed by atoms with Crippen LogP contribution in [-0.2, 0) is 11.3 Å². The Morgan fingerprint density at radius 1 is 1.16 bits per heavy atom. The quantitative estimate of drug-likeness (QED) is 0.838. The van der Waals surface area contributed by atoms with E-state index in [1.54, 1.807) is 0 Å². The summed E-state index contributed by atoms with van der Waals surface area (Å²) in [6.07, 6.45) is 10.00. The minimum atomic E-state index is 0.270. The van der Waals surface area contributed by atoms with E-state index in [9.17, 15) is 4.79 Å². The molecule has 0 saturated carbocycles. The summed E-state index contributed by atoms with van der Waals surface area (Å²) in [7, 11) is 0. The summed E-state index contributed by atoms with van der Waals surface area (Å²) in [5.41, 5.74) is 2.43. The summed E-state index contributed by atoms with van der Waals surface area (Å²) in [5.74, 6) is 1.27. The first-order valence-electron chi connectivity index (χ1n) is 9.06. The van der Waals surface area contributed by atoms with Crippen LogP contribution in [0.4, 0.5) is 5.69 Å². The van der Waals surface area contributed by atoms with E-state index in [0.717, 1.165) is 51.4 Å². The van der Waals surface area contributed by atoms with Crippen LogP contribution in [0, 0.1) is 13.8 Å². The van der Waals surface area contributed by atoms with Gasteiger partial charge in [0, 0.05) is 69.6 Å². The number of aryl methyl sites for hydroxylation is 3. The first kappa shape index (κ1) is 17.5. The molecule has 2 aromatic heterocycles. The Labute approximate surface area is 149 Å². The predicted octanol–water partition coefficient (Wildman–Crippen LogP) is 2.41.